The molecule has 2 N–H and O–H groups in total. The third-order valence-corrected chi connectivity index (χ3v) is 5.62. The van der Waals surface area contributed by atoms with Gasteiger partial charge in [0.25, 0.3) is 0 Å². The third-order valence-electron chi connectivity index (χ3n) is 3.65. The molecule has 0 atom stereocenters. The Hall–Kier alpha value is -1.60. The molecule has 1 aliphatic rings. The van der Waals surface area contributed by atoms with E-state index < -0.39 is 16.0 Å². The molecule has 1 aromatic rings. The quantitative estimate of drug-likeness (QED) is 0.667. The van der Waals surface area contributed by atoms with Gasteiger partial charge in [-0.1, -0.05) is 6.42 Å². The van der Waals surface area contributed by atoms with Crippen LogP contribution >= 0.6 is 0 Å². The van der Waals surface area contributed by atoms with Gasteiger partial charge in [0, 0.05) is 18.8 Å². The van der Waals surface area contributed by atoms with E-state index in [1.165, 1.54) is 36.7 Å². The Morgan fingerprint density at radius 2 is 2.05 bits per heavy atom. The van der Waals surface area contributed by atoms with Crippen LogP contribution in [0.2, 0.25) is 0 Å². The van der Waals surface area contributed by atoms with Crippen molar-refractivity contribution >= 4 is 21.7 Å². The summed E-state index contributed by atoms with van der Waals surface area (Å²) in [5.74, 6) is -0.710. The van der Waals surface area contributed by atoms with Crippen LogP contribution in [0.1, 0.15) is 29.6 Å². The molecule has 0 radical (unpaired) electrons. The lowest BCUT2D eigenvalue weighted by Gasteiger charge is -2.34. The van der Waals surface area contributed by atoms with Crippen LogP contribution in [-0.2, 0) is 14.8 Å². The highest BCUT2D eigenvalue weighted by molar-refractivity contribution is 7.89. The molecule has 1 saturated carbocycles. The minimum absolute atomic E-state index is 0.00282. The summed E-state index contributed by atoms with van der Waals surface area (Å²) < 4.78 is 31.2. The molecule has 0 aromatic heterocycles. The molecular formula is C13H18N2O4S. The lowest BCUT2D eigenvalue weighted by molar-refractivity contribution is 0.0596. The average Bonchev–Trinajstić information content (AvgIpc) is 2.35. The van der Waals surface area contributed by atoms with Gasteiger partial charge in [0.1, 0.15) is 0 Å². The van der Waals surface area contributed by atoms with Gasteiger partial charge in [-0.25, -0.2) is 13.2 Å². The van der Waals surface area contributed by atoms with E-state index in [0.717, 1.165) is 19.3 Å². The molecular weight excluding hydrogens is 280 g/mol. The first-order valence-corrected chi connectivity index (χ1v) is 7.78. The number of hydrogen-bond donors (Lipinski definition) is 1. The molecule has 0 spiro atoms. The molecule has 1 aromatic carbocycles. The lowest BCUT2D eigenvalue weighted by Crippen LogP contribution is -2.41. The molecule has 0 saturated heterocycles. The number of rotatable bonds is 4. The summed E-state index contributed by atoms with van der Waals surface area (Å²) in [6.45, 7) is 0. The number of ether oxygens (including phenoxy) is 1. The van der Waals surface area contributed by atoms with Crippen LogP contribution in [0.5, 0.6) is 0 Å². The van der Waals surface area contributed by atoms with E-state index in [4.69, 9.17) is 5.73 Å². The van der Waals surface area contributed by atoms with Gasteiger partial charge in [-0.15, -0.1) is 0 Å². The monoisotopic (exact) mass is 298 g/mol. The number of nitrogens with two attached hydrogens (primary N) is 1. The van der Waals surface area contributed by atoms with E-state index in [1.54, 1.807) is 0 Å². The number of carbonyl (C=O) groups is 1. The minimum Gasteiger partial charge on any atom is -0.465 e. The van der Waals surface area contributed by atoms with E-state index in [1.807, 2.05) is 0 Å². The predicted octanol–water partition coefficient (Wildman–Crippen LogP) is 1.23. The molecule has 6 nitrogen and oxygen atoms in total. The van der Waals surface area contributed by atoms with Crippen LogP contribution in [0.3, 0.4) is 0 Å². The number of benzene rings is 1. The maximum absolute atomic E-state index is 12.6. The number of nitrogen functional groups attached to an aromatic ring is 1. The third kappa shape index (κ3) is 2.51. The Morgan fingerprint density at radius 1 is 1.40 bits per heavy atom. The van der Waals surface area contributed by atoms with Gasteiger partial charge < -0.3 is 10.5 Å². The molecule has 2 rings (SSSR count). The van der Waals surface area contributed by atoms with Gasteiger partial charge in [-0.3, -0.25) is 0 Å². The highest BCUT2D eigenvalue weighted by Crippen LogP contribution is 2.30. The summed E-state index contributed by atoms with van der Waals surface area (Å²) in [7, 11) is -0.980. The van der Waals surface area contributed by atoms with Crippen LogP contribution in [0, 0.1) is 0 Å². The second-order valence-electron chi connectivity index (χ2n) is 4.85. The summed E-state index contributed by atoms with van der Waals surface area (Å²) in [4.78, 5) is 11.7. The van der Waals surface area contributed by atoms with Crippen molar-refractivity contribution in [1.29, 1.82) is 0 Å². The number of carbonyl (C=O) groups excluding carboxylic acids is 1. The van der Waals surface area contributed by atoms with Crippen LogP contribution in [0.4, 0.5) is 5.69 Å². The molecule has 20 heavy (non-hydrogen) atoms. The number of methoxy groups -OCH3 is 1. The van der Waals surface area contributed by atoms with E-state index in [9.17, 15) is 13.2 Å². The van der Waals surface area contributed by atoms with Gasteiger partial charge in [-0.2, -0.15) is 4.31 Å². The van der Waals surface area contributed by atoms with Crippen LogP contribution in [-0.4, -0.2) is 38.9 Å². The average molecular weight is 298 g/mol. The zero-order chi connectivity index (χ0) is 14.9. The Balaban J connectivity index is 2.47. The number of anilines is 1. The van der Waals surface area contributed by atoms with Crippen molar-refractivity contribution in [2.75, 3.05) is 19.9 Å². The van der Waals surface area contributed by atoms with Crippen LogP contribution in [0.25, 0.3) is 0 Å². The zero-order valence-corrected chi connectivity index (χ0v) is 12.3. The molecule has 0 heterocycles. The van der Waals surface area contributed by atoms with Crippen molar-refractivity contribution in [3.8, 4) is 0 Å². The van der Waals surface area contributed by atoms with Gasteiger partial charge in [0.15, 0.2) is 0 Å². The molecule has 110 valence electrons. The molecule has 0 amide bonds. The van der Waals surface area contributed by atoms with Crippen molar-refractivity contribution in [3.05, 3.63) is 23.8 Å². The molecule has 0 aliphatic heterocycles. The normalized spacial score (nSPS) is 15.9. The zero-order valence-electron chi connectivity index (χ0n) is 11.5. The number of esters is 1. The fraction of sp³-hybridized carbons (Fsp3) is 0.462. The Bertz CT molecular complexity index is 623. The first-order chi connectivity index (χ1) is 9.37. The van der Waals surface area contributed by atoms with Gasteiger partial charge >= 0.3 is 5.97 Å². The second-order valence-corrected chi connectivity index (χ2v) is 6.82. The summed E-state index contributed by atoms with van der Waals surface area (Å²) >= 11 is 0. The Labute approximate surface area is 118 Å². The fourth-order valence-corrected chi connectivity index (χ4v) is 3.72. The van der Waals surface area contributed by atoms with E-state index in [-0.39, 0.29) is 16.5 Å². The summed E-state index contributed by atoms with van der Waals surface area (Å²) in [5, 5.41) is 0. The topological polar surface area (TPSA) is 89.7 Å². The highest BCUT2D eigenvalue weighted by Gasteiger charge is 2.34. The summed E-state index contributed by atoms with van der Waals surface area (Å²) in [6.07, 6.45) is 2.71. The maximum atomic E-state index is 12.6. The number of hydrogen-bond acceptors (Lipinski definition) is 5. The molecule has 7 heteroatoms. The van der Waals surface area contributed by atoms with E-state index in [0.29, 0.717) is 5.69 Å². The van der Waals surface area contributed by atoms with Crippen molar-refractivity contribution in [1.82, 2.24) is 4.31 Å². The number of sulfonamides is 1. The van der Waals surface area contributed by atoms with Gasteiger partial charge in [-0.05, 0) is 31.0 Å². The standard InChI is InChI=1S/C13H18N2O4S/c1-15(10-4-3-5-10)20(17,18)12-7-6-9(14)8-11(12)13(16)19-2/h6-8,10H,3-5,14H2,1-2H3. The van der Waals surface area contributed by atoms with Crippen LogP contribution in [0.15, 0.2) is 23.1 Å². The summed E-state index contributed by atoms with van der Waals surface area (Å²) in [5.41, 5.74) is 5.91. The molecule has 0 bridgehead atoms. The van der Waals surface area contributed by atoms with Crippen LogP contribution < -0.4 is 5.73 Å². The smallest absolute Gasteiger partial charge is 0.339 e. The molecule has 1 aliphatic carbocycles. The van der Waals surface area contributed by atoms with Gasteiger partial charge in [0.2, 0.25) is 10.0 Å². The molecule has 0 unspecified atom stereocenters. The van der Waals surface area contributed by atoms with Crippen molar-refractivity contribution in [3.63, 3.8) is 0 Å². The predicted molar refractivity (Wildman–Crippen MR) is 74.8 cm³/mol. The Kier molecular flexibility index (Phi) is 4.01. The second kappa shape index (κ2) is 5.41. The van der Waals surface area contributed by atoms with Crippen molar-refractivity contribution in [2.45, 2.75) is 30.2 Å². The van der Waals surface area contributed by atoms with Crippen molar-refractivity contribution < 1.29 is 17.9 Å². The maximum Gasteiger partial charge on any atom is 0.339 e. The van der Waals surface area contributed by atoms with Crippen molar-refractivity contribution in [2.24, 2.45) is 0 Å². The van der Waals surface area contributed by atoms with E-state index in [2.05, 4.69) is 4.74 Å². The largest absolute Gasteiger partial charge is 0.465 e. The highest BCUT2D eigenvalue weighted by atomic mass is 32.2. The summed E-state index contributed by atoms with van der Waals surface area (Å²) in [6, 6.07) is 4.15. The number of nitrogens with zero attached hydrogens (tertiary/aromatic N) is 1. The Morgan fingerprint density at radius 3 is 2.55 bits per heavy atom. The van der Waals surface area contributed by atoms with E-state index >= 15 is 0 Å². The minimum atomic E-state index is -3.72. The first kappa shape index (κ1) is 14.8. The molecule has 1 fully saturated rings. The van der Waals surface area contributed by atoms with Gasteiger partial charge in [0.05, 0.1) is 17.6 Å². The first-order valence-electron chi connectivity index (χ1n) is 6.34. The fourth-order valence-electron chi connectivity index (χ4n) is 2.14. The SMILES string of the molecule is COC(=O)c1cc(N)ccc1S(=O)(=O)N(C)C1CCC1. The lowest BCUT2D eigenvalue weighted by atomic mass is 9.94.